The molecule has 2 N–H and O–H groups in total. The Balaban J connectivity index is 0.00000243. The Hall–Kier alpha value is -1.13. The number of nitrogens with one attached hydrogen (secondary N) is 2. The summed E-state index contributed by atoms with van der Waals surface area (Å²) in [4.78, 5) is 11.3. The lowest BCUT2D eigenvalue weighted by molar-refractivity contribution is 0.0264. The number of guanidine groups is 1. The van der Waals surface area contributed by atoms with E-state index in [1.54, 1.807) is 11.3 Å². The number of anilines is 1. The van der Waals surface area contributed by atoms with E-state index in [0.717, 1.165) is 62.2 Å². The van der Waals surface area contributed by atoms with Crippen LogP contribution in [-0.4, -0.2) is 61.8 Å². The molecule has 1 aromatic heterocycles. The number of aliphatic imine (C=N–C) groups is 1. The zero-order valence-electron chi connectivity index (χ0n) is 15.4. The van der Waals surface area contributed by atoms with Gasteiger partial charge in [0.05, 0.1) is 16.3 Å². The molecule has 1 fully saturated rings. The lowest BCUT2D eigenvalue weighted by Crippen LogP contribution is -2.47. The summed E-state index contributed by atoms with van der Waals surface area (Å²) < 4.78 is 6.93. The Morgan fingerprint density at radius 2 is 2.08 bits per heavy atom. The van der Waals surface area contributed by atoms with Gasteiger partial charge in [-0.15, -0.1) is 24.0 Å². The topological polar surface area (TPSA) is 61.8 Å². The van der Waals surface area contributed by atoms with Crippen LogP contribution in [0, 0.1) is 0 Å². The molecule has 1 saturated heterocycles. The number of likely N-dealkylation sites (tertiary alicyclic amines) is 1. The van der Waals surface area contributed by atoms with Crippen molar-refractivity contribution in [1.29, 1.82) is 0 Å². The van der Waals surface area contributed by atoms with Crippen LogP contribution in [0.25, 0.3) is 10.2 Å². The van der Waals surface area contributed by atoms with E-state index in [0.29, 0.717) is 6.10 Å². The number of para-hydroxylation sites is 1. The zero-order valence-corrected chi connectivity index (χ0v) is 18.5. The smallest absolute Gasteiger partial charge is 0.193 e. The van der Waals surface area contributed by atoms with Crippen molar-refractivity contribution in [1.82, 2.24) is 15.2 Å². The van der Waals surface area contributed by atoms with Crippen LogP contribution in [0.3, 0.4) is 0 Å². The number of rotatable bonds is 6. The Labute approximate surface area is 176 Å². The molecule has 0 bridgehead atoms. The van der Waals surface area contributed by atoms with Crippen LogP contribution in [0.4, 0.5) is 5.13 Å². The third-order valence-electron chi connectivity index (χ3n) is 4.33. The van der Waals surface area contributed by atoms with Gasteiger partial charge >= 0.3 is 0 Å². The second kappa shape index (κ2) is 10.9. The maximum absolute atomic E-state index is 5.71. The van der Waals surface area contributed by atoms with Gasteiger partial charge in [0.15, 0.2) is 11.1 Å². The number of fused-ring (bicyclic) bond motifs is 1. The molecule has 8 heteroatoms. The summed E-state index contributed by atoms with van der Waals surface area (Å²) in [6, 6.07) is 8.21. The summed E-state index contributed by atoms with van der Waals surface area (Å²) in [6.45, 7) is 6.48. The van der Waals surface area contributed by atoms with E-state index in [4.69, 9.17) is 4.74 Å². The van der Waals surface area contributed by atoms with Gasteiger partial charge in [-0.1, -0.05) is 23.5 Å². The minimum atomic E-state index is 0. The quantitative estimate of drug-likeness (QED) is 0.282. The highest BCUT2D eigenvalue weighted by atomic mass is 127. The van der Waals surface area contributed by atoms with Gasteiger partial charge in [-0.3, -0.25) is 4.99 Å². The minimum Gasteiger partial charge on any atom is -0.378 e. The first-order valence-corrected chi connectivity index (χ1v) is 9.78. The number of halogens is 1. The number of benzene rings is 1. The first-order chi connectivity index (χ1) is 12.3. The van der Waals surface area contributed by atoms with Gasteiger partial charge in [0.2, 0.25) is 0 Å². The third kappa shape index (κ3) is 5.68. The molecule has 3 rings (SSSR count). The molecular weight excluding hydrogens is 461 g/mol. The van der Waals surface area contributed by atoms with Gasteiger partial charge in [-0.2, -0.15) is 0 Å². The Morgan fingerprint density at radius 3 is 2.77 bits per heavy atom. The van der Waals surface area contributed by atoms with Crippen molar-refractivity contribution >= 4 is 56.6 Å². The van der Waals surface area contributed by atoms with E-state index >= 15 is 0 Å². The molecule has 0 aliphatic carbocycles. The maximum Gasteiger partial charge on any atom is 0.193 e. The largest absolute Gasteiger partial charge is 0.378 e. The fourth-order valence-electron chi connectivity index (χ4n) is 3.09. The van der Waals surface area contributed by atoms with Crippen LogP contribution in [-0.2, 0) is 4.74 Å². The molecule has 0 radical (unpaired) electrons. The van der Waals surface area contributed by atoms with Crippen LogP contribution >= 0.6 is 35.3 Å². The Morgan fingerprint density at radius 1 is 1.31 bits per heavy atom. The van der Waals surface area contributed by atoms with Gasteiger partial charge < -0.3 is 20.3 Å². The predicted octanol–water partition coefficient (Wildman–Crippen LogP) is 3.40. The molecule has 0 saturated carbocycles. The molecule has 2 aromatic rings. The minimum absolute atomic E-state index is 0. The van der Waals surface area contributed by atoms with E-state index in [1.807, 2.05) is 25.2 Å². The molecule has 1 aliphatic rings. The lowest BCUT2D eigenvalue weighted by Gasteiger charge is -2.34. The molecule has 0 amide bonds. The second-order valence-corrected chi connectivity index (χ2v) is 7.06. The van der Waals surface area contributed by atoms with Gasteiger partial charge in [-0.05, 0) is 31.9 Å². The summed E-state index contributed by atoms with van der Waals surface area (Å²) in [5.41, 5.74) is 1.05. The second-order valence-electron chi connectivity index (χ2n) is 6.03. The van der Waals surface area contributed by atoms with Crippen LogP contribution in [0.5, 0.6) is 0 Å². The SMILES string of the molecule is CCOC1CCN(C(=NC)NCCNc2nc3ccccc3s2)CC1.I. The number of thiazole rings is 1. The van der Waals surface area contributed by atoms with Crippen molar-refractivity contribution in [3.05, 3.63) is 24.3 Å². The van der Waals surface area contributed by atoms with E-state index in [9.17, 15) is 0 Å². The van der Waals surface area contributed by atoms with Crippen molar-refractivity contribution in [2.75, 3.05) is 45.2 Å². The first kappa shape index (κ1) is 21.2. The Kier molecular flexibility index (Phi) is 8.86. The van der Waals surface area contributed by atoms with Gasteiger partial charge in [-0.25, -0.2) is 4.98 Å². The highest BCUT2D eigenvalue weighted by Crippen LogP contribution is 2.24. The van der Waals surface area contributed by atoms with E-state index in [2.05, 4.69) is 38.5 Å². The molecule has 6 nitrogen and oxygen atoms in total. The summed E-state index contributed by atoms with van der Waals surface area (Å²) >= 11 is 1.69. The number of hydrogen-bond acceptors (Lipinski definition) is 5. The first-order valence-electron chi connectivity index (χ1n) is 8.96. The summed E-state index contributed by atoms with van der Waals surface area (Å²) in [5, 5.41) is 7.80. The van der Waals surface area contributed by atoms with Gasteiger partial charge in [0.25, 0.3) is 0 Å². The summed E-state index contributed by atoms with van der Waals surface area (Å²) in [7, 11) is 1.85. The van der Waals surface area contributed by atoms with E-state index < -0.39 is 0 Å². The number of nitrogens with zero attached hydrogens (tertiary/aromatic N) is 3. The van der Waals surface area contributed by atoms with Crippen molar-refractivity contribution in [2.24, 2.45) is 4.99 Å². The number of hydrogen-bond donors (Lipinski definition) is 2. The molecule has 1 aliphatic heterocycles. The van der Waals surface area contributed by atoms with Crippen LogP contribution in [0.2, 0.25) is 0 Å². The lowest BCUT2D eigenvalue weighted by atomic mass is 10.1. The van der Waals surface area contributed by atoms with E-state index in [1.165, 1.54) is 4.70 Å². The zero-order chi connectivity index (χ0) is 17.5. The fourth-order valence-corrected chi connectivity index (χ4v) is 3.99. The van der Waals surface area contributed by atoms with Crippen molar-refractivity contribution < 1.29 is 4.74 Å². The van der Waals surface area contributed by atoms with Crippen LogP contribution < -0.4 is 10.6 Å². The van der Waals surface area contributed by atoms with Crippen LogP contribution in [0.15, 0.2) is 29.3 Å². The summed E-state index contributed by atoms with van der Waals surface area (Å²) in [6.07, 6.45) is 2.54. The average molecular weight is 489 g/mol. The fraction of sp³-hybridized carbons (Fsp3) is 0.556. The molecule has 0 spiro atoms. The van der Waals surface area contributed by atoms with Crippen molar-refractivity contribution in [3.8, 4) is 0 Å². The third-order valence-corrected chi connectivity index (χ3v) is 5.33. The number of piperidine rings is 1. The monoisotopic (exact) mass is 489 g/mol. The average Bonchev–Trinajstić information content (AvgIpc) is 3.06. The highest BCUT2D eigenvalue weighted by Gasteiger charge is 2.21. The molecule has 26 heavy (non-hydrogen) atoms. The van der Waals surface area contributed by atoms with Gasteiger partial charge in [0, 0.05) is 39.8 Å². The van der Waals surface area contributed by atoms with E-state index in [-0.39, 0.29) is 24.0 Å². The molecular formula is C18H28IN5OS. The normalized spacial score (nSPS) is 15.8. The standard InChI is InChI=1S/C18H27N5OS.HI/c1-3-24-14-8-12-23(13-9-14)17(19-2)20-10-11-21-18-22-15-6-4-5-7-16(15)25-18;/h4-7,14H,3,8-13H2,1-2H3,(H,19,20)(H,21,22);1H. The Bertz CT molecular complexity index is 667. The number of ether oxygens (including phenoxy) is 1. The van der Waals surface area contributed by atoms with Crippen molar-refractivity contribution in [3.63, 3.8) is 0 Å². The highest BCUT2D eigenvalue weighted by molar-refractivity contribution is 14.0. The number of aromatic nitrogens is 1. The summed E-state index contributed by atoms with van der Waals surface area (Å²) in [5.74, 6) is 0.973. The molecule has 2 heterocycles. The van der Waals surface area contributed by atoms with Crippen LogP contribution in [0.1, 0.15) is 19.8 Å². The van der Waals surface area contributed by atoms with Gasteiger partial charge in [0.1, 0.15) is 0 Å². The molecule has 0 unspecified atom stereocenters. The molecule has 1 aromatic carbocycles. The predicted molar refractivity (Wildman–Crippen MR) is 121 cm³/mol. The van der Waals surface area contributed by atoms with Crippen molar-refractivity contribution in [2.45, 2.75) is 25.9 Å². The molecule has 0 atom stereocenters. The molecule has 144 valence electrons. The maximum atomic E-state index is 5.71.